The molecule has 82 heavy (non-hydrogen) atoms. The molecule has 0 bridgehead atoms. The van der Waals surface area contributed by atoms with Gasteiger partial charge >= 0.3 is 0 Å². The average molecular weight is 1070 g/mol. The molecule has 14 rings (SSSR count). The first kappa shape index (κ1) is 51.5. The summed E-state index contributed by atoms with van der Waals surface area (Å²) in [4.78, 5) is 4.86. The topological polar surface area (TPSA) is 19.6 Å². The Bertz CT molecular complexity index is 4350. The lowest BCUT2D eigenvalue weighted by Gasteiger charge is -2.33. The van der Waals surface area contributed by atoms with Gasteiger partial charge in [-0.1, -0.05) is 223 Å². The van der Waals surface area contributed by atoms with Gasteiger partial charge in [0.1, 0.15) is 11.2 Å². The van der Waals surface area contributed by atoms with Crippen LogP contribution in [0.3, 0.4) is 0 Å². The van der Waals surface area contributed by atoms with E-state index in [2.05, 4.69) is 311 Å². The molecule has 2 aliphatic carbocycles. The first-order valence-corrected chi connectivity index (χ1v) is 29.4. The third-order valence-corrected chi connectivity index (χ3v) is 18.1. The number of rotatable bonds is 6. The molecule has 0 saturated carbocycles. The molecule has 0 fully saturated rings. The zero-order valence-corrected chi connectivity index (χ0v) is 49.6. The van der Waals surface area contributed by atoms with Gasteiger partial charge in [-0.15, -0.1) is 0 Å². The Balaban J connectivity index is 1.05. The van der Waals surface area contributed by atoms with E-state index in [0.29, 0.717) is 0 Å². The minimum atomic E-state index is -0.679. The number of fused-ring (bicyclic) bond motifs is 19. The lowest BCUT2D eigenvalue weighted by Crippen LogP contribution is -2.26. The molecule has 3 nitrogen and oxygen atoms in total. The van der Waals surface area contributed by atoms with Crippen molar-refractivity contribution in [2.45, 2.75) is 110 Å². The monoisotopic (exact) mass is 1060 g/mol. The van der Waals surface area contributed by atoms with Gasteiger partial charge in [0, 0.05) is 50.3 Å². The molecule has 0 amide bonds. The third kappa shape index (κ3) is 7.90. The molecule has 0 unspecified atom stereocenters. The van der Waals surface area contributed by atoms with Crippen molar-refractivity contribution in [2.75, 3.05) is 9.80 Å². The highest BCUT2D eigenvalue weighted by Crippen LogP contribution is 2.67. The van der Waals surface area contributed by atoms with E-state index >= 15 is 0 Å². The van der Waals surface area contributed by atoms with E-state index in [0.717, 1.165) is 61.4 Å². The van der Waals surface area contributed by atoms with E-state index in [4.69, 9.17) is 4.42 Å². The summed E-state index contributed by atoms with van der Waals surface area (Å²) in [5.41, 5.74) is 23.4. The van der Waals surface area contributed by atoms with Crippen molar-refractivity contribution < 1.29 is 4.42 Å². The maximum Gasteiger partial charge on any atom is 0.143 e. The predicted molar refractivity (Wildman–Crippen MR) is 349 cm³/mol. The molecule has 1 heterocycles. The Kier molecular flexibility index (Phi) is 11.4. The highest BCUT2D eigenvalue weighted by atomic mass is 16.3. The van der Waals surface area contributed by atoms with Gasteiger partial charge in [0.25, 0.3) is 0 Å². The maximum atomic E-state index is 7.29. The maximum absolute atomic E-state index is 7.29. The van der Waals surface area contributed by atoms with E-state index in [1.54, 1.807) is 0 Å². The molecule has 0 aliphatic heterocycles. The summed E-state index contributed by atoms with van der Waals surface area (Å²) in [6.45, 7) is 27.4. The van der Waals surface area contributed by atoms with Gasteiger partial charge in [0.15, 0.2) is 0 Å². The summed E-state index contributed by atoms with van der Waals surface area (Å²) >= 11 is 0. The molecule has 12 aromatic rings. The fourth-order valence-electron chi connectivity index (χ4n) is 13.8. The Morgan fingerprint density at radius 3 is 1.18 bits per heavy atom. The number of hydrogen-bond acceptors (Lipinski definition) is 3. The summed E-state index contributed by atoms with van der Waals surface area (Å²) in [7, 11) is 0. The summed E-state index contributed by atoms with van der Waals surface area (Å²) in [6, 6.07) is 83.1. The van der Waals surface area contributed by atoms with Gasteiger partial charge in [-0.05, 0) is 183 Å². The summed E-state index contributed by atoms with van der Waals surface area (Å²) in [6.07, 6.45) is 0. The van der Waals surface area contributed by atoms with E-state index in [-0.39, 0.29) is 21.7 Å². The molecule has 2 aliphatic rings. The number of hydrogen-bond donors (Lipinski definition) is 0. The minimum Gasteiger partial charge on any atom is -0.455 e. The molecule has 1 spiro atoms. The lowest BCUT2D eigenvalue weighted by atomic mass is 9.68. The highest BCUT2D eigenvalue weighted by Gasteiger charge is 2.54. The molecule has 0 radical (unpaired) electrons. The first-order valence-electron chi connectivity index (χ1n) is 29.4. The normalized spacial score (nSPS) is 13.7. The van der Waals surface area contributed by atoms with Gasteiger partial charge < -0.3 is 14.2 Å². The quantitative estimate of drug-likeness (QED) is 0.165. The Hall–Kier alpha value is -8.66. The van der Waals surface area contributed by atoms with Gasteiger partial charge in [-0.25, -0.2) is 0 Å². The summed E-state index contributed by atoms with van der Waals surface area (Å²) in [5, 5.41) is 6.99. The van der Waals surface area contributed by atoms with Crippen LogP contribution < -0.4 is 9.80 Å². The van der Waals surface area contributed by atoms with Crippen molar-refractivity contribution in [1.29, 1.82) is 0 Å². The summed E-state index contributed by atoms with van der Waals surface area (Å²) < 4.78 is 7.29. The molecular formula is C79H72N2O. The molecule has 0 saturated heterocycles. The van der Waals surface area contributed by atoms with Gasteiger partial charge in [0.05, 0.1) is 5.41 Å². The van der Waals surface area contributed by atoms with E-state index < -0.39 is 5.41 Å². The molecular weight excluding hydrogens is 993 g/mol. The van der Waals surface area contributed by atoms with Gasteiger partial charge in [0.2, 0.25) is 0 Å². The smallest absolute Gasteiger partial charge is 0.143 e. The fourth-order valence-corrected chi connectivity index (χ4v) is 13.8. The van der Waals surface area contributed by atoms with Crippen molar-refractivity contribution >= 4 is 77.6 Å². The van der Waals surface area contributed by atoms with Crippen LogP contribution in [0.4, 0.5) is 34.1 Å². The van der Waals surface area contributed by atoms with Crippen LogP contribution in [0.2, 0.25) is 0 Å². The Morgan fingerprint density at radius 2 is 0.720 bits per heavy atom. The SMILES string of the molecule is CC(C)(C)c1ccc(N(c2ccc(C(C)(C)C)cc2)c2ccc3c4c(ccc3c2)-c2c(c3ccc(N(c5ccc(C(C)(C)C)cc5)c5ccc(C(C)(C)C)cc5)cc3c3oc5ccccc5c23)C42c3ccccc3-c3ccccc32)cc1. The van der Waals surface area contributed by atoms with E-state index in [1.807, 2.05) is 0 Å². The number of benzene rings is 11. The second-order valence-corrected chi connectivity index (χ2v) is 27.4. The average Bonchev–Trinajstić information content (AvgIpc) is 1.84. The van der Waals surface area contributed by atoms with Crippen LogP contribution in [-0.4, -0.2) is 0 Å². The second kappa shape index (κ2) is 18.2. The van der Waals surface area contributed by atoms with Crippen LogP contribution in [0.5, 0.6) is 0 Å². The molecule has 404 valence electrons. The Morgan fingerprint density at radius 1 is 0.317 bits per heavy atom. The minimum absolute atomic E-state index is 0.0186. The number of anilines is 6. The van der Waals surface area contributed by atoms with Crippen molar-refractivity contribution in [3.8, 4) is 22.3 Å². The third-order valence-electron chi connectivity index (χ3n) is 18.1. The van der Waals surface area contributed by atoms with Crippen LogP contribution in [0.15, 0.2) is 223 Å². The zero-order valence-electron chi connectivity index (χ0n) is 49.6. The van der Waals surface area contributed by atoms with Crippen LogP contribution in [-0.2, 0) is 27.1 Å². The summed E-state index contributed by atoms with van der Waals surface area (Å²) in [5.74, 6) is 0. The Labute approximate surface area is 484 Å². The standard InChI is InChI=1S/C79H72N2O/c1-75(2,3)50-26-34-54(35-27-50)80(55-36-28-51(29-37-55)76(4,5)6)58-42-45-60-49(47-58)25-44-65-70-71-64-21-15-18-24-69(64)82-74(71)66-48-59(81(56-38-30-52(31-39-56)77(7,8)9)57-40-32-53(33-41-57)78(10,11)12)43-46-63(66)73(70)79(72(60)65)67-22-16-13-19-61(67)62-20-14-17-23-68(62)79/h13-48H,1-12H3. The van der Waals surface area contributed by atoms with Gasteiger partial charge in [-0.2, -0.15) is 0 Å². The van der Waals surface area contributed by atoms with Crippen molar-refractivity contribution in [2.24, 2.45) is 0 Å². The van der Waals surface area contributed by atoms with E-state index in [9.17, 15) is 0 Å². The number of nitrogens with zero attached hydrogens (tertiary/aromatic N) is 2. The highest BCUT2D eigenvalue weighted by molar-refractivity contribution is 6.27. The molecule has 0 atom stereocenters. The lowest BCUT2D eigenvalue weighted by molar-refractivity contribution is 0.590. The fraction of sp³-hybridized carbons (Fsp3) is 0.215. The van der Waals surface area contributed by atoms with Crippen LogP contribution in [0, 0.1) is 0 Å². The molecule has 0 N–H and O–H groups in total. The molecule has 1 aromatic heterocycles. The van der Waals surface area contributed by atoms with Gasteiger partial charge in [-0.3, -0.25) is 0 Å². The van der Waals surface area contributed by atoms with Crippen molar-refractivity contribution in [3.63, 3.8) is 0 Å². The van der Waals surface area contributed by atoms with E-state index in [1.165, 1.54) is 82.9 Å². The number of furan rings is 1. The second-order valence-electron chi connectivity index (χ2n) is 27.4. The van der Waals surface area contributed by atoms with Crippen LogP contribution in [0.25, 0.3) is 65.7 Å². The zero-order chi connectivity index (χ0) is 56.8. The van der Waals surface area contributed by atoms with Crippen molar-refractivity contribution in [3.05, 3.63) is 263 Å². The van der Waals surface area contributed by atoms with Crippen LogP contribution >= 0.6 is 0 Å². The van der Waals surface area contributed by atoms with Crippen LogP contribution in [0.1, 0.15) is 128 Å². The largest absolute Gasteiger partial charge is 0.455 e. The van der Waals surface area contributed by atoms with Crippen molar-refractivity contribution in [1.82, 2.24) is 0 Å². The number of para-hydroxylation sites is 1. The molecule has 11 aromatic carbocycles. The predicted octanol–water partition coefficient (Wildman–Crippen LogP) is 22.4. The first-order chi connectivity index (χ1) is 39.2. The molecule has 3 heteroatoms.